The highest BCUT2D eigenvalue weighted by atomic mass is 32.4. The van der Waals surface area contributed by atoms with Gasteiger partial charge in [0.15, 0.2) is 0 Å². The molecule has 0 saturated heterocycles. The Bertz CT molecular complexity index is 295. The summed E-state index contributed by atoms with van der Waals surface area (Å²) < 4.78 is 0. The van der Waals surface area contributed by atoms with Gasteiger partial charge in [-0.1, -0.05) is 92.9 Å². The molecule has 0 saturated carbocycles. The first-order valence-electron chi connectivity index (χ1n) is 7.79. The lowest BCUT2D eigenvalue weighted by molar-refractivity contribution is 0.344. The third-order valence-corrected chi connectivity index (χ3v) is 12.2. The van der Waals surface area contributed by atoms with E-state index in [-0.39, 0.29) is 10.3 Å². The average molecular weight is 306 g/mol. The first-order chi connectivity index (χ1) is 8.46. The van der Waals surface area contributed by atoms with Crippen molar-refractivity contribution in [1.82, 2.24) is 0 Å². The molecule has 0 aromatic carbocycles. The molecule has 2 unspecified atom stereocenters. The van der Waals surface area contributed by atoms with E-state index in [1.165, 1.54) is 0 Å². The maximum atomic E-state index is 11.3. The molecule has 0 aromatic heterocycles. The Morgan fingerprint density at radius 1 is 0.895 bits per heavy atom. The van der Waals surface area contributed by atoms with Crippen molar-refractivity contribution in [1.29, 1.82) is 0 Å². The van der Waals surface area contributed by atoms with Crippen LogP contribution < -0.4 is 0 Å². The Labute approximate surface area is 126 Å². The van der Waals surface area contributed by atoms with Gasteiger partial charge in [0, 0.05) is 10.3 Å². The smallest absolute Gasteiger partial charge is 0.0747 e. The van der Waals surface area contributed by atoms with Gasteiger partial charge >= 0.3 is 0 Å². The predicted molar refractivity (Wildman–Crippen MR) is 92.8 cm³/mol. The summed E-state index contributed by atoms with van der Waals surface area (Å²) in [7, 11) is 0. The second kappa shape index (κ2) is 7.05. The van der Waals surface area contributed by atoms with Gasteiger partial charge in [-0.25, -0.2) is 0 Å². The van der Waals surface area contributed by atoms with E-state index in [1.54, 1.807) is 0 Å². The molecule has 1 nitrogen and oxygen atoms in total. The van der Waals surface area contributed by atoms with E-state index >= 15 is 0 Å². The molecule has 0 spiro atoms. The lowest BCUT2D eigenvalue weighted by atomic mass is 9.91. The minimum atomic E-state index is -2.44. The van der Waals surface area contributed by atoms with E-state index in [2.05, 4.69) is 55.4 Å². The van der Waals surface area contributed by atoms with Crippen molar-refractivity contribution in [3.63, 3.8) is 0 Å². The van der Waals surface area contributed by atoms with Crippen molar-refractivity contribution in [3.05, 3.63) is 0 Å². The van der Waals surface area contributed by atoms with Crippen molar-refractivity contribution in [2.45, 2.75) is 91.4 Å². The van der Waals surface area contributed by atoms with Gasteiger partial charge in [-0.15, -0.1) is 0 Å². The van der Waals surface area contributed by atoms with Crippen LogP contribution in [0.5, 0.6) is 0 Å². The second-order valence-electron chi connectivity index (χ2n) is 7.26. The minimum absolute atomic E-state index is 0.149. The Kier molecular flexibility index (Phi) is 7.28. The van der Waals surface area contributed by atoms with Crippen LogP contribution in [-0.4, -0.2) is 15.2 Å². The van der Waals surface area contributed by atoms with Gasteiger partial charge in [-0.05, 0) is 11.8 Å². The summed E-state index contributed by atoms with van der Waals surface area (Å²) in [6.45, 7) is 17.7. The highest BCUT2D eigenvalue weighted by molar-refractivity contribution is 8.13. The van der Waals surface area contributed by atoms with Gasteiger partial charge in [0.25, 0.3) is 0 Å². The van der Waals surface area contributed by atoms with E-state index in [1.807, 2.05) is 0 Å². The van der Waals surface area contributed by atoms with Crippen molar-refractivity contribution < 1.29 is 4.89 Å². The molecule has 0 aromatic rings. The monoisotopic (exact) mass is 306 g/mol. The summed E-state index contributed by atoms with van der Waals surface area (Å²) in [4.78, 5) is 11.3. The van der Waals surface area contributed by atoms with Crippen molar-refractivity contribution in [2.75, 3.05) is 0 Å². The summed E-state index contributed by atoms with van der Waals surface area (Å²) in [6, 6.07) is 0. The van der Waals surface area contributed by atoms with Gasteiger partial charge in [0.2, 0.25) is 0 Å². The molecule has 0 fully saturated rings. The molecule has 116 valence electrons. The summed E-state index contributed by atoms with van der Waals surface area (Å²) >= 11 is 5.86. The zero-order valence-corrected chi connectivity index (χ0v) is 16.0. The molecule has 0 aliphatic rings. The maximum Gasteiger partial charge on any atom is 0.0747 e. The summed E-state index contributed by atoms with van der Waals surface area (Å²) in [5.74, 6) is 0.947. The topological polar surface area (TPSA) is 20.2 Å². The molecular formula is C16H35OPS. The van der Waals surface area contributed by atoms with Crippen molar-refractivity contribution >= 4 is 18.1 Å². The van der Waals surface area contributed by atoms with Crippen LogP contribution in [0.2, 0.25) is 0 Å². The van der Waals surface area contributed by atoms with Gasteiger partial charge in [-0.2, -0.15) is 0 Å². The SMILES string of the molecule is CCCC(C)C(C)(C)P(O)(=S)C(C)(C)C(C)CCC. The standard InChI is InChI=1S/C16H35OPS/c1-9-11-13(3)15(5,6)18(17,19)16(7,8)14(4)12-10-2/h13-14H,9-12H2,1-8H3,(H,17,19). The zero-order valence-electron chi connectivity index (χ0n) is 14.3. The van der Waals surface area contributed by atoms with Crippen LogP contribution >= 0.6 is 6.26 Å². The maximum absolute atomic E-state index is 11.3. The number of rotatable bonds is 8. The van der Waals surface area contributed by atoms with Crippen LogP contribution in [0.15, 0.2) is 0 Å². The lowest BCUT2D eigenvalue weighted by Crippen LogP contribution is -2.41. The summed E-state index contributed by atoms with van der Waals surface area (Å²) in [5, 5.41) is -0.298. The van der Waals surface area contributed by atoms with E-state index in [0.717, 1.165) is 25.7 Å². The second-order valence-corrected chi connectivity index (χ2v) is 12.3. The van der Waals surface area contributed by atoms with E-state index < -0.39 is 6.26 Å². The number of hydrogen-bond donors (Lipinski definition) is 1. The highest BCUT2D eigenvalue weighted by Gasteiger charge is 2.50. The summed E-state index contributed by atoms with van der Waals surface area (Å²) in [6.07, 6.45) is 2.16. The first kappa shape index (κ1) is 19.6. The lowest BCUT2D eigenvalue weighted by Gasteiger charge is -2.50. The van der Waals surface area contributed by atoms with Crippen LogP contribution in [0.3, 0.4) is 0 Å². The Balaban J connectivity index is 5.39. The fourth-order valence-corrected chi connectivity index (χ4v) is 6.93. The highest BCUT2D eigenvalue weighted by Crippen LogP contribution is 2.69. The van der Waals surface area contributed by atoms with Crippen LogP contribution in [0.25, 0.3) is 0 Å². The van der Waals surface area contributed by atoms with Crippen molar-refractivity contribution in [3.8, 4) is 0 Å². The fourth-order valence-electron chi connectivity index (χ4n) is 2.91. The Morgan fingerprint density at radius 2 is 1.16 bits per heavy atom. The Hall–Kier alpha value is 0.610. The van der Waals surface area contributed by atoms with Gasteiger partial charge < -0.3 is 4.89 Å². The minimum Gasteiger partial charge on any atom is -0.364 e. The molecule has 1 N–H and O–H groups in total. The molecule has 3 heteroatoms. The molecule has 0 aliphatic heterocycles. The Morgan fingerprint density at radius 3 is 1.37 bits per heavy atom. The van der Waals surface area contributed by atoms with Gasteiger partial charge in [0.05, 0.1) is 6.26 Å². The molecule has 0 aliphatic carbocycles. The molecule has 0 amide bonds. The van der Waals surface area contributed by atoms with Crippen LogP contribution in [0.4, 0.5) is 0 Å². The quantitative estimate of drug-likeness (QED) is 0.572. The summed E-state index contributed by atoms with van der Waals surface area (Å²) in [5.41, 5.74) is 0. The zero-order chi connectivity index (χ0) is 15.5. The van der Waals surface area contributed by atoms with E-state index in [0.29, 0.717) is 11.8 Å². The average Bonchev–Trinajstić information content (AvgIpc) is 2.28. The molecule has 0 rings (SSSR count). The van der Waals surface area contributed by atoms with Crippen LogP contribution in [-0.2, 0) is 11.8 Å². The molecule has 19 heavy (non-hydrogen) atoms. The van der Waals surface area contributed by atoms with Gasteiger partial charge in [0.1, 0.15) is 0 Å². The van der Waals surface area contributed by atoms with E-state index in [9.17, 15) is 4.89 Å². The van der Waals surface area contributed by atoms with Crippen LogP contribution in [0.1, 0.15) is 81.1 Å². The normalized spacial score (nSPS) is 19.8. The molecule has 0 radical (unpaired) electrons. The van der Waals surface area contributed by atoms with E-state index in [4.69, 9.17) is 11.8 Å². The molecule has 2 atom stereocenters. The third-order valence-electron chi connectivity index (χ3n) is 5.42. The first-order valence-corrected chi connectivity index (χ1v) is 10.5. The van der Waals surface area contributed by atoms with Crippen molar-refractivity contribution in [2.24, 2.45) is 11.8 Å². The molecule has 0 bridgehead atoms. The number of hydrogen-bond acceptors (Lipinski definition) is 1. The predicted octanol–water partition coefficient (Wildman–Crippen LogP) is 5.80. The third kappa shape index (κ3) is 3.83. The van der Waals surface area contributed by atoms with Crippen LogP contribution in [0, 0.1) is 11.8 Å². The molecule has 0 heterocycles. The fraction of sp³-hybridized carbons (Fsp3) is 1.00. The largest absolute Gasteiger partial charge is 0.364 e. The van der Waals surface area contributed by atoms with Gasteiger partial charge in [-0.3, -0.25) is 0 Å². The molecular weight excluding hydrogens is 271 g/mol.